The molecule has 0 fully saturated rings. The van der Waals surface area contributed by atoms with Gasteiger partial charge in [-0.2, -0.15) is 0 Å². The molecule has 6 nitrogen and oxygen atoms in total. The van der Waals surface area contributed by atoms with E-state index in [2.05, 4.69) is 0 Å². The third kappa shape index (κ3) is 22.3. The molecular weight excluding hydrogens is 377 g/mol. The second-order valence-electron chi connectivity index (χ2n) is 8.82. The van der Waals surface area contributed by atoms with Crippen LogP contribution >= 0.6 is 7.82 Å². The van der Waals surface area contributed by atoms with Gasteiger partial charge in [0.25, 0.3) is 0 Å². The second kappa shape index (κ2) is 17.9. The van der Waals surface area contributed by atoms with Gasteiger partial charge in [-0.1, -0.05) is 77.0 Å². The number of aliphatic hydroxyl groups is 1. The van der Waals surface area contributed by atoms with E-state index in [9.17, 15) is 9.46 Å². The van der Waals surface area contributed by atoms with Crippen LogP contribution in [0.1, 0.15) is 89.9 Å². The van der Waals surface area contributed by atoms with Gasteiger partial charge in [0, 0.05) is 6.61 Å². The van der Waals surface area contributed by atoms with Crippen LogP contribution in [0.15, 0.2) is 0 Å². The maximum atomic E-state index is 11.7. The molecule has 0 aromatic rings. The van der Waals surface area contributed by atoms with Crippen LogP contribution in [0.4, 0.5) is 0 Å². The molecule has 28 heavy (non-hydrogen) atoms. The Morgan fingerprint density at radius 2 is 1.00 bits per heavy atom. The van der Waals surface area contributed by atoms with Crippen molar-refractivity contribution in [1.29, 1.82) is 0 Å². The van der Waals surface area contributed by atoms with E-state index in [1.54, 1.807) is 0 Å². The number of unbranched alkanes of at least 4 members (excludes halogenated alkanes) is 13. The summed E-state index contributed by atoms with van der Waals surface area (Å²) < 4.78 is 22.4. The Morgan fingerprint density at radius 1 is 0.643 bits per heavy atom. The van der Waals surface area contributed by atoms with Gasteiger partial charge in [-0.15, -0.1) is 0 Å². The summed E-state index contributed by atoms with van der Waals surface area (Å²) in [6.45, 7) is 1.51. The number of quaternary nitrogens is 1. The van der Waals surface area contributed by atoms with Crippen LogP contribution in [0.2, 0.25) is 0 Å². The van der Waals surface area contributed by atoms with E-state index < -0.39 is 7.82 Å². The molecule has 0 heterocycles. The lowest BCUT2D eigenvalue weighted by Gasteiger charge is -2.24. The lowest BCUT2D eigenvalue weighted by Crippen LogP contribution is -2.37. The first-order chi connectivity index (χ1) is 13.3. The molecule has 0 saturated heterocycles. The van der Waals surface area contributed by atoms with Crippen molar-refractivity contribution in [2.45, 2.75) is 89.9 Å². The topological polar surface area (TPSA) is 76.0 Å². The molecule has 170 valence electrons. The van der Waals surface area contributed by atoms with Crippen molar-refractivity contribution in [2.24, 2.45) is 0 Å². The average molecular weight is 425 g/mol. The van der Waals surface area contributed by atoms with Crippen molar-refractivity contribution in [1.82, 2.24) is 0 Å². The first kappa shape index (κ1) is 28.0. The van der Waals surface area contributed by atoms with Crippen LogP contribution in [-0.4, -0.2) is 62.0 Å². The van der Waals surface area contributed by atoms with Gasteiger partial charge in [0.2, 0.25) is 0 Å². The van der Waals surface area contributed by atoms with E-state index in [1.807, 2.05) is 21.1 Å². The third-order valence-corrected chi connectivity index (χ3v) is 5.84. The molecule has 0 spiro atoms. The highest BCUT2D eigenvalue weighted by Crippen LogP contribution is 2.43. The Kier molecular flexibility index (Phi) is 17.9. The zero-order valence-corrected chi connectivity index (χ0v) is 19.6. The first-order valence-corrected chi connectivity index (χ1v) is 12.8. The van der Waals surface area contributed by atoms with E-state index in [0.717, 1.165) is 25.7 Å². The van der Waals surface area contributed by atoms with Gasteiger partial charge in [0.15, 0.2) is 0 Å². The maximum Gasteiger partial charge on any atom is 0.472 e. The fourth-order valence-electron chi connectivity index (χ4n) is 2.98. The second-order valence-corrected chi connectivity index (χ2v) is 10.3. The summed E-state index contributed by atoms with van der Waals surface area (Å²) >= 11 is 0. The zero-order chi connectivity index (χ0) is 21.1. The smallest absolute Gasteiger partial charge is 0.396 e. The van der Waals surface area contributed by atoms with Gasteiger partial charge in [-0.3, -0.25) is 9.05 Å². The van der Waals surface area contributed by atoms with E-state index in [4.69, 9.17) is 14.2 Å². The quantitative estimate of drug-likeness (QED) is 0.149. The summed E-state index contributed by atoms with van der Waals surface area (Å²) in [4.78, 5) is 9.62. The van der Waals surface area contributed by atoms with Crippen LogP contribution in [0.3, 0.4) is 0 Å². The Morgan fingerprint density at radius 3 is 1.39 bits per heavy atom. The van der Waals surface area contributed by atoms with Crippen molar-refractivity contribution < 1.29 is 28.1 Å². The molecule has 2 N–H and O–H groups in total. The highest BCUT2D eigenvalue weighted by molar-refractivity contribution is 7.47. The summed E-state index contributed by atoms with van der Waals surface area (Å²) in [5.74, 6) is 0. The minimum absolute atomic E-state index is 0.223. The van der Waals surface area contributed by atoms with E-state index >= 15 is 0 Å². The maximum absolute atomic E-state index is 11.7. The molecule has 0 aliphatic carbocycles. The summed E-state index contributed by atoms with van der Waals surface area (Å²) in [6.07, 6.45) is 16.9. The number of hydrogen-bond acceptors (Lipinski definition) is 4. The Hall–Kier alpha value is 0.0300. The molecule has 0 rings (SSSR count). The Labute approximate surface area is 173 Å². The van der Waals surface area contributed by atoms with Gasteiger partial charge < -0.3 is 14.5 Å². The number of aliphatic hydroxyl groups excluding tert-OH is 1. The summed E-state index contributed by atoms with van der Waals surface area (Å²) in [6, 6.07) is 0. The molecule has 1 unspecified atom stereocenters. The predicted molar refractivity (Wildman–Crippen MR) is 116 cm³/mol. The fourth-order valence-corrected chi connectivity index (χ4v) is 3.73. The number of rotatable bonds is 21. The van der Waals surface area contributed by atoms with Gasteiger partial charge in [-0.05, 0) is 12.8 Å². The first-order valence-electron chi connectivity index (χ1n) is 11.3. The van der Waals surface area contributed by atoms with Crippen LogP contribution < -0.4 is 0 Å². The van der Waals surface area contributed by atoms with Crippen LogP contribution in [-0.2, 0) is 13.6 Å². The van der Waals surface area contributed by atoms with E-state index in [-0.39, 0.29) is 13.2 Å². The van der Waals surface area contributed by atoms with Crippen LogP contribution in [0, 0.1) is 0 Å². The van der Waals surface area contributed by atoms with Gasteiger partial charge in [-0.25, -0.2) is 4.57 Å². The highest BCUT2D eigenvalue weighted by Gasteiger charge is 2.21. The molecule has 0 aromatic heterocycles. The number of phosphoric ester groups is 1. The molecule has 7 heteroatoms. The summed E-state index contributed by atoms with van der Waals surface area (Å²) in [5, 5.41) is 8.72. The minimum atomic E-state index is -3.89. The number of hydrogen-bond donors (Lipinski definition) is 2. The van der Waals surface area contributed by atoms with Gasteiger partial charge in [0.05, 0.1) is 27.7 Å². The van der Waals surface area contributed by atoms with Gasteiger partial charge in [0.1, 0.15) is 13.2 Å². The largest absolute Gasteiger partial charge is 0.472 e. The normalized spacial score (nSPS) is 14.3. The van der Waals surface area contributed by atoms with Crippen LogP contribution in [0.5, 0.6) is 0 Å². The molecule has 0 bridgehead atoms. The van der Waals surface area contributed by atoms with Crippen molar-refractivity contribution in [3.8, 4) is 0 Å². The van der Waals surface area contributed by atoms with Crippen molar-refractivity contribution >= 4 is 7.82 Å². The SMILES string of the molecule is C[N+](C)(C)CCOP(=O)(O)OCCCCCCCCCCCCCCCCO. The average Bonchev–Trinajstić information content (AvgIpc) is 2.60. The number of phosphoric acid groups is 1. The minimum Gasteiger partial charge on any atom is -0.396 e. The molecule has 0 aliphatic heterocycles. The molecule has 0 amide bonds. The zero-order valence-electron chi connectivity index (χ0n) is 18.7. The van der Waals surface area contributed by atoms with E-state index in [0.29, 0.717) is 17.6 Å². The molecule has 0 aromatic carbocycles. The predicted octanol–water partition coefficient (Wildman–Crippen LogP) is 5.28. The molecule has 0 saturated carbocycles. The summed E-state index contributed by atoms with van der Waals surface area (Å²) in [5.41, 5.74) is 0. The monoisotopic (exact) mass is 424 g/mol. The van der Waals surface area contributed by atoms with Gasteiger partial charge >= 0.3 is 7.82 Å². The summed E-state index contributed by atoms with van der Waals surface area (Å²) in [7, 11) is 2.14. The van der Waals surface area contributed by atoms with E-state index in [1.165, 1.54) is 64.2 Å². The molecule has 0 radical (unpaired) electrons. The molecular formula is C21H47NO5P+. The lowest BCUT2D eigenvalue weighted by molar-refractivity contribution is -0.870. The lowest BCUT2D eigenvalue weighted by atomic mass is 10.0. The van der Waals surface area contributed by atoms with Crippen LogP contribution in [0.25, 0.3) is 0 Å². The Bertz CT molecular complexity index is 387. The highest BCUT2D eigenvalue weighted by atomic mass is 31.2. The Balaban J connectivity index is 3.29. The third-order valence-electron chi connectivity index (χ3n) is 4.82. The fraction of sp³-hybridized carbons (Fsp3) is 1.00. The van der Waals surface area contributed by atoms with Crippen molar-refractivity contribution in [2.75, 3.05) is 47.5 Å². The molecule has 0 aliphatic rings. The standard InChI is InChI=1S/C21H46NO5P/c1-22(2,3)18-21-27-28(24,25)26-20-17-15-13-11-9-7-5-4-6-8-10-12-14-16-19-23/h23H,4-21H2,1-3H3/p+1. The number of nitrogens with zero attached hydrogens (tertiary/aromatic N) is 1. The van der Waals surface area contributed by atoms with Crippen molar-refractivity contribution in [3.63, 3.8) is 0 Å². The molecule has 1 atom stereocenters. The van der Waals surface area contributed by atoms with Crippen molar-refractivity contribution in [3.05, 3.63) is 0 Å². The number of likely N-dealkylation sites (N-methyl/N-ethyl adjacent to an activating group) is 1.